The van der Waals surface area contributed by atoms with E-state index in [2.05, 4.69) is 49.8 Å². The number of carbonyl (C=O) groups excluding carboxylic acids is 1. The van der Waals surface area contributed by atoms with Crippen molar-refractivity contribution in [3.05, 3.63) is 36.2 Å². The molecule has 1 aliphatic heterocycles. The molecule has 0 radical (unpaired) electrons. The minimum absolute atomic E-state index is 0.138. The van der Waals surface area contributed by atoms with Crippen LogP contribution in [0.4, 0.5) is 0 Å². The van der Waals surface area contributed by atoms with Crippen LogP contribution in [0.3, 0.4) is 0 Å². The number of aromatic nitrogens is 2. The van der Waals surface area contributed by atoms with Crippen molar-refractivity contribution in [2.45, 2.75) is 72.8 Å². The predicted molar refractivity (Wildman–Crippen MR) is 140 cm³/mol. The molecule has 1 aliphatic rings. The highest BCUT2D eigenvalue weighted by Gasteiger charge is 2.19. The second-order valence-electron chi connectivity index (χ2n) is 10.4. The Labute approximate surface area is 200 Å². The number of benzene rings is 1. The minimum Gasteiger partial charge on any atom is -0.339 e. The lowest BCUT2D eigenvalue weighted by Crippen LogP contribution is -2.34. The minimum atomic E-state index is 0.138. The maximum Gasteiger partial charge on any atom is 0.253 e. The van der Waals surface area contributed by atoms with Crippen LogP contribution in [0.25, 0.3) is 17.1 Å². The van der Waals surface area contributed by atoms with Crippen LogP contribution in [0.2, 0.25) is 0 Å². The molecule has 0 aliphatic carbocycles. The van der Waals surface area contributed by atoms with Crippen LogP contribution >= 0.6 is 0 Å². The monoisotopic (exact) mass is 452 g/mol. The fourth-order valence-corrected chi connectivity index (χ4v) is 4.63. The van der Waals surface area contributed by atoms with E-state index in [0.29, 0.717) is 11.8 Å². The van der Waals surface area contributed by atoms with Crippen molar-refractivity contribution >= 4 is 23.0 Å². The van der Waals surface area contributed by atoms with Gasteiger partial charge >= 0.3 is 0 Å². The summed E-state index contributed by atoms with van der Waals surface area (Å²) in [5.41, 5.74) is 2.75. The first kappa shape index (κ1) is 25.5. The molecular formula is C28H44N4O. The molecule has 5 heteroatoms. The molecule has 33 heavy (non-hydrogen) atoms. The van der Waals surface area contributed by atoms with Gasteiger partial charge in [0.2, 0.25) is 0 Å². The van der Waals surface area contributed by atoms with E-state index in [9.17, 15) is 4.79 Å². The number of rotatable bonds is 12. The molecule has 0 atom stereocenters. The number of amides is 1. The number of hydrogen-bond acceptors (Lipinski definition) is 3. The Morgan fingerprint density at radius 3 is 2.33 bits per heavy atom. The Morgan fingerprint density at radius 1 is 1.06 bits per heavy atom. The highest BCUT2D eigenvalue weighted by atomic mass is 16.2. The molecule has 1 aromatic carbocycles. The summed E-state index contributed by atoms with van der Waals surface area (Å²) < 4.78 is 2.25. The maximum absolute atomic E-state index is 13.5. The van der Waals surface area contributed by atoms with E-state index in [0.717, 1.165) is 67.9 Å². The zero-order valence-electron chi connectivity index (χ0n) is 21.4. The van der Waals surface area contributed by atoms with E-state index in [1.807, 2.05) is 23.1 Å². The van der Waals surface area contributed by atoms with Gasteiger partial charge in [0.15, 0.2) is 0 Å². The molecule has 1 saturated heterocycles. The van der Waals surface area contributed by atoms with Crippen LogP contribution < -0.4 is 0 Å². The second-order valence-corrected chi connectivity index (χ2v) is 10.4. The molecule has 2 aromatic rings. The summed E-state index contributed by atoms with van der Waals surface area (Å²) in [7, 11) is 0. The van der Waals surface area contributed by atoms with Gasteiger partial charge < -0.3 is 14.4 Å². The number of nitrogens with zero attached hydrogens (tertiary/aromatic N) is 4. The maximum atomic E-state index is 13.5. The van der Waals surface area contributed by atoms with Crippen molar-refractivity contribution in [3.63, 3.8) is 0 Å². The Bertz CT molecular complexity index is 896. The summed E-state index contributed by atoms with van der Waals surface area (Å²) in [4.78, 5) is 22.9. The molecule has 3 rings (SSSR count). The first-order chi connectivity index (χ1) is 15.9. The topological polar surface area (TPSA) is 41.4 Å². The molecule has 5 nitrogen and oxygen atoms in total. The standard InChI is InChI=1S/C28H44N4O/c1-6-27-29-25-12-11-24(28(33)31(19-13-22(2)3)20-14-23(4)5)21-26(25)32(27)18-10-17-30-15-8-7-9-16-30/h6,11-12,21-23H,1,7-10,13-20H2,2-5H3. The van der Waals surface area contributed by atoms with Gasteiger partial charge in [-0.2, -0.15) is 0 Å². The number of fused-ring (bicyclic) bond motifs is 1. The highest BCUT2D eigenvalue weighted by Crippen LogP contribution is 2.22. The Morgan fingerprint density at radius 2 is 1.73 bits per heavy atom. The first-order valence-electron chi connectivity index (χ1n) is 13.0. The van der Waals surface area contributed by atoms with Crippen LogP contribution in [0.5, 0.6) is 0 Å². The second kappa shape index (κ2) is 12.4. The van der Waals surface area contributed by atoms with Crippen molar-refractivity contribution in [3.8, 4) is 0 Å². The SMILES string of the molecule is C=Cc1nc2ccc(C(=O)N(CCC(C)C)CCC(C)C)cc2n1CCCN1CCCCC1. The normalized spacial score (nSPS) is 15.0. The quantitative estimate of drug-likeness (QED) is 0.391. The average Bonchev–Trinajstić information content (AvgIpc) is 3.16. The van der Waals surface area contributed by atoms with Crippen LogP contribution in [0, 0.1) is 11.8 Å². The third kappa shape index (κ3) is 7.17. The molecule has 182 valence electrons. The van der Waals surface area contributed by atoms with Crippen LogP contribution in [-0.2, 0) is 6.54 Å². The number of likely N-dealkylation sites (tertiary alicyclic amines) is 1. The van der Waals surface area contributed by atoms with Gasteiger partial charge in [-0.1, -0.05) is 40.7 Å². The van der Waals surface area contributed by atoms with Crippen molar-refractivity contribution < 1.29 is 4.79 Å². The number of carbonyl (C=O) groups is 1. The summed E-state index contributed by atoms with van der Waals surface area (Å²) in [5.74, 6) is 2.20. The summed E-state index contributed by atoms with van der Waals surface area (Å²) in [6.45, 7) is 18.9. The van der Waals surface area contributed by atoms with Crippen molar-refractivity contribution in [1.82, 2.24) is 19.4 Å². The van der Waals surface area contributed by atoms with Gasteiger partial charge in [0.25, 0.3) is 5.91 Å². The fraction of sp³-hybridized carbons (Fsp3) is 0.643. The van der Waals surface area contributed by atoms with Gasteiger partial charge in [0.1, 0.15) is 5.82 Å². The number of piperidine rings is 1. The zero-order chi connectivity index (χ0) is 23.8. The van der Waals surface area contributed by atoms with Gasteiger partial charge in [-0.3, -0.25) is 4.79 Å². The Balaban J connectivity index is 1.78. The number of aryl methyl sites for hydroxylation is 1. The lowest BCUT2D eigenvalue weighted by atomic mass is 10.1. The average molecular weight is 453 g/mol. The molecule has 0 bridgehead atoms. The van der Waals surface area contributed by atoms with E-state index >= 15 is 0 Å². The van der Waals surface area contributed by atoms with E-state index in [1.165, 1.54) is 32.4 Å². The number of hydrogen-bond donors (Lipinski definition) is 0. The first-order valence-corrected chi connectivity index (χ1v) is 13.0. The predicted octanol–water partition coefficient (Wildman–Crippen LogP) is 6.09. The molecule has 0 saturated carbocycles. The molecule has 1 fully saturated rings. The van der Waals surface area contributed by atoms with E-state index in [1.54, 1.807) is 0 Å². The lowest BCUT2D eigenvalue weighted by Gasteiger charge is -2.26. The summed E-state index contributed by atoms with van der Waals surface area (Å²) in [6.07, 6.45) is 8.98. The van der Waals surface area contributed by atoms with E-state index < -0.39 is 0 Å². The number of imidazole rings is 1. The molecule has 1 aromatic heterocycles. The largest absolute Gasteiger partial charge is 0.339 e. The van der Waals surface area contributed by atoms with Gasteiger partial charge in [0, 0.05) is 25.2 Å². The summed E-state index contributed by atoms with van der Waals surface area (Å²) in [6, 6.07) is 6.00. The Hall–Kier alpha value is -2.14. The molecular weight excluding hydrogens is 408 g/mol. The van der Waals surface area contributed by atoms with Crippen LogP contribution in [0.15, 0.2) is 24.8 Å². The molecule has 2 heterocycles. The molecule has 1 amide bonds. The molecule has 0 N–H and O–H groups in total. The summed E-state index contributed by atoms with van der Waals surface area (Å²) >= 11 is 0. The third-order valence-electron chi connectivity index (χ3n) is 6.75. The van der Waals surface area contributed by atoms with Gasteiger partial charge in [-0.05, 0) is 87.8 Å². The summed E-state index contributed by atoms with van der Waals surface area (Å²) in [5, 5.41) is 0. The zero-order valence-corrected chi connectivity index (χ0v) is 21.4. The lowest BCUT2D eigenvalue weighted by molar-refractivity contribution is 0.0741. The van der Waals surface area contributed by atoms with Crippen LogP contribution in [0.1, 0.15) is 82.4 Å². The van der Waals surface area contributed by atoms with Crippen LogP contribution in [-0.4, -0.2) is 58.0 Å². The van der Waals surface area contributed by atoms with Gasteiger partial charge in [0.05, 0.1) is 11.0 Å². The van der Waals surface area contributed by atoms with E-state index in [4.69, 9.17) is 4.98 Å². The van der Waals surface area contributed by atoms with Crippen molar-refractivity contribution in [2.75, 3.05) is 32.7 Å². The highest BCUT2D eigenvalue weighted by molar-refractivity contribution is 5.97. The fourth-order valence-electron chi connectivity index (χ4n) is 4.63. The Kier molecular flexibility index (Phi) is 9.54. The molecule has 0 unspecified atom stereocenters. The van der Waals surface area contributed by atoms with Crippen molar-refractivity contribution in [2.24, 2.45) is 11.8 Å². The van der Waals surface area contributed by atoms with Crippen molar-refractivity contribution in [1.29, 1.82) is 0 Å². The smallest absolute Gasteiger partial charge is 0.253 e. The van der Waals surface area contributed by atoms with Gasteiger partial charge in [-0.15, -0.1) is 0 Å². The van der Waals surface area contributed by atoms with Gasteiger partial charge in [-0.25, -0.2) is 4.98 Å². The third-order valence-corrected chi connectivity index (χ3v) is 6.75. The van der Waals surface area contributed by atoms with E-state index in [-0.39, 0.29) is 5.91 Å². The molecule has 0 spiro atoms.